The van der Waals surface area contributed by atoms with Gasteiger partial charge in [-0.2, -0.15) is 0 Å². The largest absolute Gasteiger partial charge is 0.493 e. The molecule has 7 nitrogen and oxygen atoms in total. The number of nitrogens with one attached hydrogen (secondary N) is 1. The third-order valence-electron chi connectivity index (χ3n) is 4.43. The quantitative estimate of drug-likeness (QED) is 0.738. The van der Waals surface area contributed by atoms with Gasteiger partial charge in [-0.3, -0.25) is 9.59 Å². The molecule has 1 aromatic heterocycles. The van der Waals surface area contributed by atoms with Gasteiger partial charge in [0.2, 0.25) is 11.8 Å². The van der Waals surface area contributed by atoms with Crippen LogP contribution in [0.5, 0.6) is 17.4 Å². The van der Waals surface area contributed by atoms with E-state index in [0.29, 0.717) is 29.5 Å². The number of carbonyl (C=O) groups is 2. The zero-order valence-corrected chi connectivity index (χ0v) is 15.3. The minimum absolute atomic E-state index is 0.300. The van der Waals surface area contributed by atoms with Gasteiger partial charge in [-0.15, -0.1) is 0 Å². The molecule has 1 aliphatic carbocycles. The Kier molecular flexibility index (Phi) is 5.59. The monoisotopic (exact) mass is 370 g/mol. The van der Waals surface area contributed by atoms with Crippen LogP contribution in [-0.2, 0) is 16.0 Å². The van der Waals surface area contributed by atoms with E-state index in [2.05, 4.69) is 17.2 Å². The Morgan fingerprint density at radius 1 is 1.22 bits per heavy atom. The third kappa shape index (κ3) is 4.55. The molecule has 1 aliphatic rings. The molecule has 1 aromatic carbocycles. The highest BCUT2D eigenvalue weighted by Crippen LogP contribution is 2.39. The number of pyridine rings is 1. The summed E-state index contributed by atoms with van der Waals surface area (Å²) in [6, 6.07) is 9.08. The van der Waals surface area contributed by atoms with Gasteiger partial charge in [0.25, 0.3) is 0 Å². The molecule has 1 amide bonds. The minimum atomic E-state index is -0.934. The van der Waals surface area contributed by atoms with Crippen LogP contribution in [0.2, 0.25) is 0 Å². The Morgan fingerprint density at radius 3 is 2.63 bits per heavy atom. The molecule has 0 unspecified atom stereocenters. The highest BCUT2D eigenvalue weighted by atomic mass is 16.5. The van der Waals surface area contributed by atoms with Gasteiger partial charge in [0, 0.05) is 6.07 Å². The molecule has 3 rings (SSSR count). The molecule has 142 valence electrons. The SMILES string of the molecule is CCCc1ccc(Oc2ccc(NC(=O)[C@@H]3C[C@H]3C(=O)O)cn2)c(OC)c1. The highest BCUT2D eigenvalue weighted by molar-refractivity contribution is 5.98. The molecule has 7 heteroatoms. The van der Waals surface area contributed by atoms with Crippen LogP contribution < -0.4 is 14.8 Å². The first-order valence-electron chi connectivity index (χ1n) is 8.86. The predicted octanol–water partition coefficient (Wildman–Crippen LogP) is 3.49. The van der Waals surface area contributed by atoms with Crippen LogP contribution in [0, 0.1) is 11.8 Å². The third-order valence-corrected chi connectivity index (χ3v) is 4.43. The first-order chi connectivity index (χ1) is 13.0. The van der Waals surface area contributed by atoms with E-state index in [0.717, 1.165) is 12.8 Å². The number of aromatic nitrogens is 1. The van der Waals surface area contributed by atoms with Crippen LogP contribution in [0.3, 0.4) is 0 Å². The summed E-state index contributed by atoms with van der Waals surface area (Å²) in [6.07, 6.45) is 3.87. The number of amides is 1. The Bertz CT molecular complexity index is 835. The molecular formula is C20H22N2O5. The number of ether oxygens (including phenoxy) is 2. The molecule has 1 saturated carbocycles. The number of carboxylic acids is 1. The van der Waals surface area contributed by atoms with Crippen molar-refractivity contribution >= 4 is 17.6 Å². The van der Waals surface area contributed by atoms with E-state index >= 15 is 0 Å². The summed E-state index contributed by atoms with van der Waals surface area (Å²) in [5.41, 5.74) is 1.67. The fraction of sp³-hybridized carbons (Fsp3) is 0.350. The number of nitrogens with zero attached hydrogens (tertiary/aromatic N) is 1. The van der Waals surface area contributed by atoms with Crippen molar-refractivity contribution in [1.29, 1.82) is 0 Å². The van der Waals surface area contributed by atoms with Gasteiger partial charge >= 0.3 is 5.97 Å². The van der Waals surface area contributed by atoms with Crippen molar-refractivity contribution in [3.8, 4) is 17.4 Å². The van der Waals surface area contributed by atoms with Crippen LogP contribution in [0.15, 0.2) is 36.5 Å². The number of aliphatic carboxylic acids is 1. The van der Waals surface area contributed by atoms with E-state index in [1.165, 1.54) is 11.8 Å². The van der Waals surface area contributed by atoms with Crippen LogP contribution in [-0.4, -0.2) is 29.1 Å². The maximum absolute atomic E-state index is 12.0. The zero-order chi connectivity index (χ0) is 19.4. The Balaban J connectivity index is 1.62. The maximum atomic E-state index is 12.0. The van der Waals surface area contributed by atoms with Crippen molar-refractivity contribution in [3.63, 3.8) is 0 Å². The number of carbonyl (C=O) groups excluding carboxylic acids is 1. The second kappa shape index (κ2) is 8.07. The van der Waals surface area contributed by atoms with Crippen LogP contribution >= 0.6 is 0 Å². The number of anilines is 1. The minimum Gasteiger partial charge on any atom is -0.493 e. The van der Waals surface area contributed by atoms with E-state index < -0.39 is 17.8 Å². The van der Waals surface area contributed by atoms with Crippen molar-refractivity contribution in [1.82, 2.24) is 4.98 Å². The van der Waals surface area contributed by atoms with Gasteiger partial charge in [0.1, 0.15) is 0 Å². The summed E-state index contributed by atoms with van der Waals surface area (Å²) >= 11 is 0. The molecule has 1 heterocycles. The van der Waals surface area contributed by atoms with Gasteiger partial charge < -0.3 is 19.9 Å². The lowest BCUT2D eigenvalue weighted by atomic mass is 10.1. The molecule has 0 spiro atoms. The first-order valence-corrected chi connectivity index (χ1v) is 8.86. The average Bonchev–Trinajstić information content (AvgIpc) is 3.46. The average molecular weight is 370 g/mol. The van der Waals surface area contributed by atoms with Gasteiger partial charge in [-0.05, 0) is 36.6 Å². The number of hydrogen-bond donors (Lipinski definition) is 2. The molecule has 2 atom stereocenters. The van der Waals surface area contributed by atoms with Crippen molar-refractivity contribution in [2.24, 2.45) is 11.8 Å². The van der Waals surface area contributed by atoms with E-state index in [9.17, 15) is 9.59 Å². The number of methoxy groups -OCH3 is 1. The van der Waals surface area contributed by atoms with E-state index in [4.69, 9.17) is 14.6 Å². The molecule has 2 N–H and O–H groups in total. The Labute approximate surface area is 157 Å². The Morgan fingerprint density at radius 2 is 2.04 bits per heavy atom. The van der Waals surface area contributed by atoms with Crippen LogP contribution in [0.4, 0.5) is 5.69 Å². The molecule has 0 saturated heterocycles. The molecule has 2 aromatic rings. The molecule has 0 bridgehead atoms. The number of rotatable bonds is 8. The summed E-state index contributed by atoms with van der Waals surface area (Å²) in [6.45, 7) is 2.12. The number of aryl methyl sites for hydroxylation is 1. The predicted molar refractivity (Wildman–Crippen MR) is 99.2 cm³/mol. The second-order valence-electron chi connectivity index (χ2n) is 6.50. The summed E-state index contributed by atoms with van der Waals surface area (Å²) < 4.78 is 11.2. The summed E-state index contributed by atoms with van der Waals surface area (Å²) in [7, 11) is 1.59. The highest BCUT2D eigenvalue weighted by Gasteiger charge is 2.48. The summed E-state index contributed by atoms with van der Waals surface area (Å²) in [5, 5.41) is 11.6. The van der Waals surface area contributed by atoms with E-state index in [1.807, 2.05) is 18.2 Å². The van der Waals surface area contributed by atoms with Gasteiger partial charge in [0.15, 0.2) is 11.5 Å². The first kappa shape index (κ1) is 18.7. The van der Waals surface area contributed by atoms with Crippen molar-refractivity contribution in [2.45, 2.75) is 26.2 Å². The fourth-order valence-electron chi connectivity index (χ4n) is 2.86. The van der Waals surface area contributed by atoms with Crippen LogP contribution in [0.25, 0.3) is 0 Å². The van der Waals surface area contributed by atoms with Gasteiger partial charge in [-0.1, -0.05) is 19.4 Å². The van der Waals surface area contributed by atoms with E-state index in [1.54, 1.807) is 19.2 Å². The number of hydrogen-bond acceptors (Lipinski definition) is 5. The van der Waals surface area contributed by atoms with E-state index in [-0.39, 0.29) is 5.91 Å². The molecule has 27 heavy (non-hydrogen) atoms. The fourth-order valence-corrected chi connectivity index (χ4v) is 2.86. The second-order valence-corrected chi connectivity index (χ2v) is 6.50. The van der Waals surface area contributed by atoms with Crippen molar-refractivity contribution in [2.75, 3.05) is 12.4 Å². The Hall–Kier alpha value is -3.09. The molecule has 0 aliphatic heterocycles. The molecule has 0 radical (unpaired) electrons. The van der Waals surface area contributed by atoms with Crippen molar-refractivity contribution < 1.29 is 24.2 Å². The van der Waals surface area contributed by atoms with Crippen LogP contribution in [0.1, 0.15) is 25.3 Å². The zero-order valence-electron chi connectivity index (χ0n) is 15.3. The lowest BCUT2D eigenvalue weighted by Crippen LogP contribution is -2.16. The van der Waals surface area contributed by atoms with Gasteiger partial charge in [0.05, 0.1) is 30.8 Å². The normalized spacial score (nSPS) is 17.9. The standard InChI is InChI=1S/C20H22N2O5/c1-3-4-12-5-7-16(17(9-12)26-2)27-18-8-6-13(11-21-18)22-19(23)14-10-15(14)20(24)25/h5-9,11,14-15H,3-4,10H2,1-2H3,(H,22,23)(H,24,25)/t14-,15-/m1/s1. The summed E-state index contributed by atoms with van der Waals surface area (Å²) in [4.78, 5) is 27.0. The smallest absolute Gasteiger partial charge is 0.307 e. The lowest BCUT2D eigenvalue weighted by molar-refractivity contribution is -0.139. The van der Waals surface area contributed by atoms with Crippen molar-refractivity contribution in [3.05, 3.63) is 42.1 Å². The molecular weight excluding hydrogens is 348 g/mol. The topological polar surface area (TPSA) is 97.8 Å². The molecule has 1 fully saturated rings. The number of carboxylic acid groups (broad SMARTS) is 1. The van der Waals surface area contributed by atoms with Gasteiger partial charge in [-0.25, -0.2) is 4.98 Å². The summed E-state index contributed by atoms with van der Waals surface area (Å²) in [5.74, 6) is -0.725. The number of benzene rings is 1. The lowest BCUT2D eigenvalue weighted by Gasteiger charge is -2.11. The maximum Gasteiger partial charge on any atom is 0.307 e.